The van der Waals surface area contributed by atoms with E-state index in [1.165, 1.54) is 37.1 Å². The number of amides is 1. The van der Waals surface area contributed by atoms with Gasteiger partial charge in [-0.15, -0.1) is 10.2 Å². The summed E-state index contributed by atoms with van der Waals surface area (Å²) < 4.78 is 2.08. The first-order valence-electron chi connectivity index (χ1n) is 11.4. The number of nitrogens with zero attached hydrogens (tertiary/aromatic N) is 5. The number of benzene rings is 2. The fourth-order valence-corrected chi connectivity index (χ4v) is 4.81. The molecular formula is C24H28N6O3S. The Labute approximate surface area is 202 Å². The van der Waals surface area contributed by atoms with Gasteiger partial charge in [0, 0.05) is 6.07 Å². The molecule has 9 nitrogen and oxygen atoms in total. The highest BCUT2D eigenvalue weighted by molar-refractivity contribution is 7.99. The number of carbonyl (C=O) groups is 1. The molecule has 1 N–H and O–H groups in total. The number of nitrogens with one attached hydrogen (secondary N) is 1. The van der Waals surface area contributed by atoms with Gasteiger partial charge in [0.05, 0.1) is 35.0 Å². The summed E-state index contributed by atoms with van der Waals surface area (Å²) in [6.45, 7) is 5.12. The molecular weight excluding hydrogens is 452 g/mol. The van der Waals surface area contributed by atoms with Crippen molar-refractivity contribution in [2.24, 2.45) is 0 Å². The van der Waals surface area contributed by atoms with Crippen LogP contribution in [-0.4, -0.2) is 49.3 Å². The molecule has 2 aromatic carbocycles. The summed E-state index contributed by atoms with van der Waals surface area (Å²) in [5.74, 6) is 0.766. The highest BCUT2D eigenvalue weighted by Gasteiger charge is 2.19. The van der Waals surface area contributed by atoms with Crippen molar-refractivity contribution in [2.45, 2.75) is 44.4 Å². The normalized spacial score (nSPS) is 14.1. The van der Waals surface area contributed by atoms with Gasteiger partial charge in [0.25, 0.3) is 5.69 Å². The smallest absolute Gasteiger partial charge is 0.274 e. The molecule has 1 aromatic heterocycles. The van der Waals surface area contributed by atoms with Gasteiger partial charge in [-0.1, -0.05) is 54.6 Å². The lowest BCUT2D eigenvalue weighted by molar-refractivity contribution is -0.385. The molecule has 1 saturated heterocycles. The Morgan fingerprint density at radius 1 is 1.06 bits per heavy atom. The monoisotopic (exact) mass is 480 g/mol. The molecule has 0 unspecified atom stereocenters. The van der Waals surface area contributed by atoms with Gasteiger partial charge in [0.1, 0.15) is 5.82 Å². The van der Waals surface area contributed by atoms with Crippen molar-refractivity contribution >= 4 is 29.0 Å². The third-order valence-electron chi connectivity index (χ3n) is 5.90. The fraction of sp³-hybridized carbons (Fsp3) is 0.375. The van der Waals surface area contributed by atoms with Crippen LogP contribution in [0.2, 0.25) is 0 Å². The molecule has 1 amide bonds. The predicted octanol–water partition coefficient (Wildman–Crippen LogP) is 4.26. The zero-order chi connectivity index (χ0) is 23.9. The number of nitro benzene ring substituents is 1. The molecule has 0 radical (unpaired) electrons. The Balaban J connectivity index is 1.47. The van der Waals surface area contributed by atoms with E-state index in [1.807, 2.05) is 18.2 Å². The number of carbonyl (C=O) groups excluding carboxylic acids is 1. The Morgan fingerprint density at radius 3 is 2.56 bits per heavy atom. The zero-order valence-electron chi connectivity index (χ0n) is 19.1. The summed E-state index contributed by atoms with van der Waals surface area (Å²) >= 11 is 1.32. The molecule has 0 aliphatic carbocycles. The predicted molar refractivity (Wildman–Crippen MR) is 132 cm³/mol. The maximum Gasteiger partial charge on any atom is 0.274 e. The van der Waals surface area contributed by atoms with E-state index in [0.29, 0.717) is 23.0 Å². The lowest BCUT2D eigenvalue weighted by Crippen LogP contribution is -2.30. The summed E-state index contributed by atoms with van der Waals surface area (Å²) in [5.41, 5.74) is 1.99. The van der Waals surface area contributed by atoms with Crippen LogP contribution in [0.4, 0.5) is 11.4 Å². The number of aromatic nitrogens is 3. The van der Waals surface area contributed by atoms with Crippen LogP contribution in [0, 0.1) is 17.0 Å². The van der Waals surface area contributed by atoms with Crippen LogP contribution < -0.4 is 5.32 Å². The molecule has 10 heteroatoms. The molecule has 1 aliphatic heterocycles. The number of anilines is 1. The van der Waals surface area contributed by atoms with Crippen LogP contribution in [-0.2, 0) is 17.9 Å². The highest BCUT2D eigenvalue weighted by atomic mass is 32.2. The maximum absolute atomic E-state index is 12.6. The largest absolute Gasteiger partial charge is 0.325 e. The van der Waals surface area contributed by atoms with E-state index < -0.39 is 4.92 Å². The lowest BCUT2D eigenvalue weighted by atomic mass is 10.1. The Kier molecular flexibility index (Phi) is 7.91. The van der Waals surface area contributed by atoms with Crippen LogP contribution in [0.25, 0.3) is 0 Å². The Bertz CT molecular complexity index is 1140. The molecule has 0 atom stereocenters. The van der Waals surface area contributed by atoms with Crippen molar-refractivity contribution < 1.29 is 9.72 Å². The van der Waals surface area contributed by atoms with E-state index in [9.17, 15) is 14.9 Å². The number of piperidine rings is 1. The zero-order valence-corrected chi connectivity index (χ0v) is 20.0. The van der Waals surface area contributed by atoms with E-state index >= 15 is 0 Å². The van der Waals surface area contributed by atoms with Crippen LogP contribution >= 0.6 is 11.8 Å². The SMILES string of the molecule is Cc1c(NC(=O)CSc2nnc(CN3CCCCC3)n2Cc2ccccc2)cccc1[N+](=O)[O-]. The summed E-state index contributed by atoms with van der Waals surface area (Å²) in [6.07, 6.45) is 3.67. The van der Waals surface area contributed by atoms with Crippen LogP contribution in [0.15, 0.2) is 53.7 Å². The van der Waals surface area contributed by atoms with Gasteiger partial charge in [-0.3, -0.25) is 19.8 Å². The minimum atomic E-state index is -0.449. The second kappa shape index (κ2) is 11.3. The summed E-state index contributed by atoms with van der Waals surface area (Å²) in [4.78, 5) is 25.8. The van der Waals surface area contributed by atoms with Crippen molar-refractivity contribution in [1.29, 1.82) is 0 Å². The first-order valence-corrected chi connectivity index (χ1v) is 12.3. The van der Waals surface area contributed by atoms with Crippen molar-refractivity contribution in [3.8, 4) is 0 Å². The van der Waals surface area contributed by atoms with Gasteiger partial charge in [-0.25, -0.2) is 0 Å². The second-order valence-electron chi connectivity index (χ2n) is 8.35. The van der Waals surface area contributed by atoms with Crippen molar-refractivity contribution in [3.05, 3.63) is 75.6 Å². The van der Waals surface area contributed by atoms with Gasteiger partial charge in [-0.2, -0.15) is 0 Å². The first kappa shape index (κ1) is 23.9. The van der Waals surface area contributed by atoms with Gasteiger partial charge < -0.3 is 9.88 Å². The van der Waals surface area contributed by atoms with Crippen LogP contribution in [0.1, 0.15) is 36.2 Å². The summed E-state index contributed by atoms with van der Waals surface area (Å²) in [7, 11) is 0. The van der Waals surface area contributed by atoms with Crippen LogP contribution in [0.5, 0.6) is 0 Å². The van der Waals surface area contributed by atoms with Crippen molar-refractivity contribution in [1.82, 2.24) is 19.7 Å². The maximum atomic E-state index is 12.6. The summed E-state index contributed by atoms with van der Waals surface area (Å²) in [6, 6.07) is 14.8. The standard InChI is InChI=1S/C24H28N6O3S/c1-18-20(11-8-12-21(18)30(32)33)25-23(31)17-34-24-27-26-22(16-28-13-6-3-7-14-28)29(24)15-19-9-4-2-5-10-19/h2,4-5,8-12H,3,6-7,13-17H2,1H3,(H,25,31). The fourth-order valence-electron chi connectivity index (χ4n) is 4.06. The third kappa shape index (κ3) is 6.00. The van der Waals surface area contributed by atoms with Gasteiger partial charge in [0.2, 0.25) is 5.91 Å². The third-order valence-corrected chi connectivity index (χ3v) is 6.87. The highest BCUT2D eigenvalue weighted by Crippen LogP contribution is 2.26. The molecule has 34 heavy (non-hydrogen) atoms. The number of likely N-dealkylation sites (tertiary alicyclic amines) is 1. The minimum absolute atomic E-state index is 0.0181. The summed E-state index contributed by atoms with van der Waals surface area (Å²) in [5, 5.41) is 23.5. The van der Waals surface area contributed by atoms with Crippen molar-refractivity contribution in [3.63, 3.8) is 0 Å². The number of hydrogen-bond donors (Lipinski definition) is 1. The average Bonchev–Trinajstić information content (AvgIpc) is 3.21. The molecule has 0 saturated carbocycles. The molecule has 1 aliphatic rings. The molecule has 0 bridgehead atoms. The number of thioether (sulfide) groups is 1. The first-order chi connectivity index (χ1) is 16.5. The number of hydrogen-bond acceptors (Lipinski definition) is 7. The van der Waals surface area contributed by atoms with E-state index in [0.717, 1.165) is 31.0 Å². The van der Waals surface area contributed by atoms with E-state index in [4.69, 9.17) is 0 Å². The topological polar surface area (TPSA) is 106 Å². The van der Waals surface area contributed by atoms with Gasteiger partial charge in [-0.05, 0) is 44.5 Å². The van der Waals surface area contributed by atoms with E-state index in [2.05, 4.69) is 37.1 Å². The molecule has 4 rings (SSSR count). The Hall–Kier alpha value is -3.24. The number of rotatable bonds is 9. The quantitative estimate of drug-likeness (QED) is 0.277. The molecule has 2 heterocycles. The van der Waals surface area contributed by atoms with E-state index in [1.54, 1.807) is 19.1 Å². The second-order valence-corrected chi connectivity index (χ2v) is 9.29. The molecule has 178 valence electrons. The molecule has 0 spiro atoms. The van der Waals surface area contributed by atoms with Crippen LogP contribution in [0.3, 0.4) is 0 Å². The number of nitro groups is 1. The lowest BCUT2D eigenvalue weighted by Gasteiger charge is -2.26. The van der Waals surface area contributed by atoms with Gasteiger partial charge >= 0.3 is 0 Å². The average molecular weight is 481 g/mol. The molecule has 3 aromatic rings. The van der Waals surface area contributed by atoms with Gasteiger partial charge in [0.15, 0.2) is 5.16 Å². The minimum Gasteiger partial charge on any atom is -0.325 e. The van der Waals surface area contributed by atoms with Crippen molar-refractivity contribution in [2.75, 3.05) is 24.2 Å². The molecule has 1 fully saturated rings. The van der Waals surface area contributed by atoms with E-state index in [-0.39, 0.29) is 17.3 Å². The Morgan fingerprint density at radius 2 is 1.82 bits per heavy atom.